The van der Waals surface area contributed by atoms with Crippen LogP contribution in [0.2, 0.25) is 0 Å². The molecule has 0 aromatic heterocycles. The van der Waals surface area contributed by atoms with E-state index in [4.69, 9.17) is 22.5 Å². The number of rotatable bonds is 4. The number of alkyl halides is 1. The monoisotopic (exact) mass is 174 g/mol. The van der Waals surface area contributed by atoms with E-state index in [2.05, 4.69) is 5.92 Å². The lowest BCUT2D eigenvalue weighted by Crippen LogP contribution is -1.99. The zero-order chi connectivity index (χ0) is 7.82. The fourth-order valence-corrected chi connectivity index (χ4v) is 1.10. The Bertz CT molecular complexity index is 148. The van der Waals surface area contributed by atoms with Gasteiger partial charge in [0.15, 0.2) is 9.76 Å². The van der Waals surface area contributed by atoms with Gasteiger partial charge >= 0.3 is 0 Å². The second kappa shape index (κ2) is 6.88. The van der Waals surface area contributed by atoms with Gasteiger partial charge in [0.05, 0.1) is 6.61 Å². The molecule has 0 aliphatic rings. The van der Waals surface area contributed by atoms with Gasteiger partial charge in [-0.15, -0.1) is 18.0 Å². The molecular weight excluding hydrogens is 164 g/mol. The van der Waals surface area contributed by atoms with E-state index < -0.39 is 9.76 Å². The lowest BCUT2D eigenvalue weighted by molar-refractivity contribution is 0.387. The Morgan fingerprint density at radius 2 is 2.60 bits per heavy atom. The van der Waals surface area contributed by atoms with Gasteiger partial charge in [0, 0.05) is 5.50 Å². The standard InChI is InChI=1S/C7H11ClOSi/c1-3-7(2)4-5-9-10-6-8/h1,4H,5-6,10H2,2H3/b7-4+. The lowest BCUT2D eigenvalue weighted by Gasteiger charge is -1.94. The topological polar surface area (TPSA) is 9.23 Å². The van der Waals surface area contributed by atoms with E-state index in [0.717, 1.165) is 5.57 Å². The minimum atomic E-state index is -0.477. The highest BCUT2D eigenvalue weighted by Gasteiger charge is 1.83. The minimum Gasteiger partial charge on any atom is -0.419 e. The maximum atomic E-state index is 5.43. The van der Waals surface area contributed by atoms with Gasteiger partial charge in [0.25, 0.3) is 0 Å². The molecule has 0 aliphatic heterocycles. The number of halogens is 1. The summed E-state index contributed by atoms with van der Waals surface area (Å²) < 4.78 is 5.19. The molecule has 0 spiro atoms. The molecule has 0 N–H and O–H groups in total. The van der Waals surface area contributed by atoms with E-state index in [1.165, 1.54) is 0 Å². The maximum absolute atomic E-state index is 5.43. The fraction of sp³-hybridized carbons (Fsp3) is 0.429. The van der Waals surface area contributed by atoms with E-state index >= 15 is 0 Å². The quantitative estimate of drug-likeness (QED) is 0.266. The molecule has 0 heterocycles. The van der Waals surface area contributed by atoms with Crippen LogP contribution in [-0.4, -0.2) is 21.9 Å². The first kappa shape index (κ1) is 9.77. The van der Waals surface area contributed by atoms with Crippen molar-refractivity contribution in [1.82, 2.24) is 0 Å². The molecule has 1 nitrogen and oxygen atoms in total. The van der Waals surface area contributed by atoms with Gasteiger partial charge in [-0.2, -0.15) is 0 Å². The van der Waals surface area contributed by atoms with Gasteiger partial charge in [-0.3, -0.25) is 0 Å². The molecule has 10 heavy (non-hydrogen) atoms. The van der Waals surface area contributed by atoms with E-state index in [1.54, 1.807) is 0 Å². The van der Waals surface area contributed by atoms with Crippen LogP contribution in [0.4, 0.5) is 0 Å². The second-order valence-electron chi connectivity index (χ2n) is 1.80. The number of hydrogen-bond donors (Lipinski definition) is 0. The molecule has 0 bridgehead atoms. The predicted octanol–water partition coefficient (Wildman–Crippen LogP) is 0.863. The third-order valence-electron chi connectivity index (χ3n) is 0.957. The Morgan fingerprint density at radius 3 is 3.10 bits per heavy atom. The van der Waals surface area contributed by atoms with E-state index in [-0.39, 0.29) is 0 Å². The van der Waals surface area contributed by atoms with E-state index in [0.29, 0.717) is 12.1 Å². The average molecular weight is 175 g/mol. The van der Waals surface area contributed by atoms with Crippen LogP contribution >= 0.6 is 11.6 Å². The summed E-state index contributed by atoms with van der Waals surface area (Å²) in [6.45, 7) is 2.50. The highest BCUT2D eigenvalue weighted by molar-refractivity contribution is 6.45. The largest absolute Gasteiger partial charge is 0.419 e. The van der Waals surface area contributed by atoms with Crippen LogP contribution in [0.1, 0.15) is 6.92 Å². The van der Waals surface area contributed by atoms with Crippen LogP contribution in [0.3, 0.4) is 0 Å². The summed E-state index contributed by atoms with van der Waals surface area (Å²) in [7, 11) is -0.477. The first-order valence-corrected chi connectivity index (χ1v) is 5.19. The molecular formula is C7H11ClOSi. The van der Waals surface area contributed by atoms with Gasteiger partial charge in [-0.05, 0) is 18.6 Å². The van der Waals surface area contributed by atoms with Gasteiger partial charge in [0.2, 0.25) is 0 Å². The van der Waals surface area contributed by atoms with Crippen LogP contribution < -0.4 is 0 Å². The van der Waals surface area contributed by atoms with Crippen molar-refractivity contribution >= 4 is 21.4 Å². The zero-order valence-electron chi connectivity index (χ0n) is 6.06. The Kier molecular flexibility index (Phi) is 6.72. The zero-order valence-corrected chi connectivity index (χ0v) is 8.23. The van der Waals surface area contributed by atoms with Crippen molar-refractivity contribution in [3.05, 3.63) is 11.6 Å². The molecule has 0 fully saturated rings. The third-order valence-corrected chi connectivity index (χ3v) is 2.10. The molecule has 0 saturated heterocycles. The molecule has 0 unspecified atom stereocenters. The Morgan fingerprint density at radius 1 is 1.90 bits per heavy atom. The van der Waals surface area contributed by atoms with Gasteiger partial charge in [-0.1, -0.05) is 5.92 Å². The molecule has 3 heteroatoms. The summed E-state index contributed by atoms with van der Waals surface area (Å²) in [4.78, 5) is 0. The van der Waals surface area contributed by atoms with Crippen molar-refractivity contribution in [2.45, 2.75) is 6.92 Å². The molecule has 0 aliphatic carbocycles. The van der Waals surface area contributed by atoms with Crippen LogP contribution in [0.15, 0.2) is 11.6 Å². The maximum Gasteiger partial charge on any atom is 0.176 e. The number of allylic oxidation sites excluding steroid dienone is 1. The van der Waals surface area contributed by atoms with Gasteiger partial charge < -0.3 is 4.43 Å². The van der Waals surface area contributed by atoms with E-state index in [1.807, 2.05) is 13.0 Å². The molecule has 0 aromatic carbocycles. The first-order valence-electron chi connectivity index (χ1n) is 3.08. The Balaban J connectivity index is 3.27. The van der Waals surface area contributed by atoms with E-state index in [9.17, 15) is 0 Å². The van der Waals surface area contributed by atoms with Gasteiger partial charge in [-0.25, -0.2) is 0 Å². The molecule has 0 aromatic rings. The van der Waals surface area contributed by atoms with Crippen LogP contribution in [-0.2, 0) is 4.43 Å². The predicted molar refractivity (Wildman–Crippen MR) is 47.8 cm³/mol. The average Bonchev–Trinajstić information content (AvgIpc) is 1.98. The Labute approximate surface area is 69.4 Å². The molecule has 0 saturated carbocycles. The van der Waals surface area contributed by atoms with Crippen molar-refractivity contribution < 1.29 is 4.43 Å². The Hall–Kier alpha value is -0.233. The highest BCUT2D eigenvalue weighted by atomic mass is 35.5. The van der Waals surface area contributed by atoms with Crippen LogP contribution in [0.5, 0.6) is 0 Å². The van der Waals surface area contributed by atoms with Crippen molar-refractivity contribution in [2.24, 2.45) is 0 Å². The van der Waals surface area contributed by atoms with Crippen LogP contribution in [0.25, 0.3) is 0 Å². The summed E-state index contributed by atoms with van der Waals surface area (Å²) in [6.07, 6.45) is 6.99. The van der Waals surface area contributed by atoms with Crippen molar-refractivity contribution in [3.8, 4) is 12.3 Å². The molecule has 0 amide bonds. The smallest absolute Gasteiger partial charge is 0.176 e. The molecule has 0 atom stereocenters. The van der Waals surface area contributed by atoms with Crippen molar-refractivity contribution in [3.63, 3.8) is 0 Å². The fourth-order valence-electron chi connectivity index (χ4n) is 0.381. The molecule has 0 rings (SSSR count). The molecule has 56 valence electrons. The SMILES string of the molecule is C#C/C(C)=C/CO[SiH2]CCl. The summed E-state index contributed by atoms with van der Waals surface area (Å²) in [5, 5.41) is 0. The van der Waals surface area contributed by atoms with Crippen LogP contribution in [0, 0.1) is 12.3 Å². The summed E-state index contributed by atoms with van der Waals surface area (Å²) in [6, 6.07) is 0. The summed E-state index contributed by atoms with van der Waals surface area (Å²) in [5.41, 5.74) is 1.59. The van der Waals surface area contributed by atoms with Crippen molar-refractivity contribution in [2.75, 3.05) is 12.1 Å². The number of hydrogen-bond acceptors (Lipinski definition) is 1. The van der Waals surface area contributed by atoms with Crippen molar-refractivity contribution in [1.29, 1.82) is 0 Å². The normalized spacial score (nSPS) is 12.3. The highest BCUT2D eigenvalue weighted by Crippen LogP contribution is 1.87. The lowest BCUT2D eigenvalue weighted by atomic mass is 10.3. The summed E-state index contributed by atoms with van der Waals surface area (Å²) >= 11 is 5.43. The third kappa shape index (κ3) is 5.90. The summed E-state index contributed by atoms with van der Waals surface area (Å²) in [5.74, 6) is 2.51. The number of terminal acetylenes is 1. The second-order valence-corrected chi connectivity index (χ2v) is 4.12. The first-order chi connectivity index (χ1) is 4.81. The molecule has 0 radical (unpaired) electrons. The van der Waals surface area contributed by atoms with Gasteiger partial charge in [0.1, 0.15) is 0 Å². The minimum absolute atomic E-state index is 0.477.